The predicted molar refractivity (Wildman–Crippen MR) is 101 cm³/mol. The fourth-order valence-electron chi connectivity index (χ4n) is 1.88. The molecule has 2 N–H and O–H groups in total. The van der Waals surface area contributed by atoms with Gasteiger partial charge in [0.15, 0.2) is 17.3 Å². The van der Waals surface area contributed by atoms with Crippen LogP contribution in [0.3, 0.4) is 0 Å². The summed E-state index contributed by atoms with van der Waals surface area (Å²) in [7, 11) is 0. The van der Waals surface area contributed by atoms with Crippen LogP contribution in [0, 0.1) is 12.7 Å². The van der Waals surface area contributed by atoms with Crippen LogP contribution < -0.4 is 0 Å². The largest absolute Gasteiger partial charge is 0.504 e. The number of halogens is 2. The number of rotatable bonds is 2. The molecule has 0 aliphatic carbocycles. The monoisotopic (exact) mass is 368 g/mol. The smallest absolute Gasteiger partial charge is 0.168 e. The summed E-state index contributed by atoms with van der Waals surface area (Å²) in [5.74, 6) is -1.17. The fourth-order valence-corrected chi connectivity index (χ4v) is 2.00. The highest BCUT2D eigenvalue weighted by atomic mass is 35.5. The lowest BCUT2D eigenvalue weighted by atomic mass is 10.0. The molecule has 0 aliphatic heterocycles. The van der Waals surface area contributed by atoms with Crippen LogP contribution in [0.15, 0.2) is 30.3 Å². The average molecular weight is 369 g/mol. The molecule has 3 nitrogen and oxygen atoms in total. The molecule has 2 rings (SSSR count). The molecule has 0 amide bonds. The van der Waals surface area contributed by atoms with E-state index in [1.807, 2.05) is 13.0 Å². The van der Waals surface area contributed by atoms with Gasteiger partial charge in [0.05, 0.1) is 10.6 Å². The van der Waals surface area contributed by atoms with Crippen LogP contribution in [0.2, 0.25) is 5.02 Å². The van der Waals surface area contributed by atoms with Gasteiger partial charge in [0.2, 0.25) is 0 Å². The molecular weight excluding hydrogens is 343 g/mol. The van der Waals surface area contributed by atoms with Gasteiger partial charge in [-0.3, -0.25) is 4.79 Å². The Labute approximate surface area is 154 Å². The van der Waals surface area contributed by atoms with Crippen molar-refractivity contribution in [3.8, 4) is 11.5 Å². The summed E-state index contributed by atoms with van der Waals surface area (Å²) >= 11 is 5.46. The van der Waals surface area contributed by atoms with Crippen molar-refractivity contribution in [3.05, 3.63) is 57.9 Å². The number of aryl methyl sites for hydroxylation is 2. The van der Waals surface area contributed by atoms with E-state index in [-0.39, 0.29) is 33.7 Å². The van der Waals surface area contributed by atoms with Crippen LogP contribution in [0.5, 0.6) is 11.5 Å². The summed E-state index contributed by atoms with van der Waals surface area (Å²) < 4.78 is 12.6. The zero-order chi connectivity index (χ0) is 19.6. The fraction of sp³-hybridized carbons (Fsp3) is 0.350. The van der Waals surface area contributed by atoms with Crippen LogP contribution >= 0.6 is 11.6 Å². The molecule has 2 aromatic carbocycles. The molecule has 0 aliphatic rings. The second-order valence-corrected chi connectivity index (χ2v) is 5.90. The van der Waals surface area contributed by atoms with Gasteiger partial charge in [-0.15, -0.1) is 0 Å². The molecule has 0 atom stereocenters. The lowest BCUT2D eigenvalue weighted by Gasteiger charge is -2.05. The van der Waals surface area contributed by atoms with Crippen molar-refractivity contribution >= 4 is 17.4 Å². The van der Waals surface area contributed by atoms with Gasteiger partial charge < -0.3 is 10.2 Å². The molecule has 0 radical (unpaired) electrons. The maximum absolute atomic E-state index is 12.6. The van der Waals surface area contributed by atoms with Crippen molar-refractivity contribution in [3.63, 3.8) is 0 Å². The minimum absolute atomic E-state index is 0.190. The summed E-state index contributed by atoms with van der Waals surface area (Å²) in [6.07, 6.45) is 2.09. The van der Waals surface area contributed by atoms with Crippen LogP contribution in [0.4, 0.5) is 4.39 Å². The van der Waals surface area contributed by atoms with E-state index in [1.54, 1.807) is 19.1 Å². The number of carbonyl (C=O) groups is 1. The van der Waals surface area contributed by atoms with Crippen molar-refractivity contribution in [2.75, 3.05) is 0 Å². The number of aromatic hydroxyl groups is 2. The number of benzene rings is 2. The highest BCUT2D eigenvalue weighted by molar-refractivity contribution is 6.30. The Morgan fingerprint density at radius 3 is 2.08 bits per heavy atom. The summed E-state index contributed by atoms with van der Waals surface area (Å²) in [4.78, 5) is 11.0. The molecule has 0 bridgehead atoms. The van der Waals surface area contributed by atoms with Gasteiger partial charge in [-0.1, -0.05) is 50.9 Å². The molecule has 0 unspecified atom stereocenters. The maximum atomic E-state index is 12.6. The van der Waals surface area contributed by atoms with Gasteiger partial charge in [-0.05, 0) is 49.6 Å². The number of Topliss-reactive ketones (excluding diaryl/α,β-unsaturated/α-hetero) is 1. The van der Waals surface area contributed by atoms with E-state index < -0.39 is 0 Å². The Hall–Kier alpha value is -2.07. The maximum Gasteiger partial charge on any atom is 0.168 e. The Balaban J connectivity index is 0.000000403. The van der Waals surface area contributed by atoms with Gasteiger partial charge in [0, 0.05) is 0 Å². The normalized spacial score (nSPS) is 9.40. The minimum atomic E-state index is -0.332. The first-order valence-electron chi connectivity index (χ1n) is 8.15. The number of hydrogen-bond donors (Lipinski definition) is 2. The van der Waals surface area contributed by atoms with Crippen LogP contribution in [-0.4, -0.2) is 16.0 Å². The van der Waals surface area contributed by atoms with Crippen LogP contribution in [0.1, 0.15) is 55.6 Å². The average Bonchev–Trinajstić information content (AvgIpc) is 2.55. The zero-order valence-electron chi connectivity index (χ0n) is 15.4. The molecule has 5 heteroatoms. The highest BCUT2D eigenvalue weighted by Gasteiger charge is 2.12. The molecule has 0 heterocycles. The van der Waals surface area contributed by atoms with Gasteiger partial charge >= 0.3 is 0 Å². The number of carbonyl (C=O) groups excluding carboxylic acids is 1. The predicted octanol–water partition coefficient (Wildman–Crippen LogP) is 6.07. The van der Waals surface area contributed by atoms with Crippen molar-refractivity contribution in [2.24, 2.45) is 0 Å². The highest BCUT2D eigenvalue weighted by Crippen LogP contribution is 2.31. The first-order valence-corrected chi connectivity index (χ1v) is 8.53. The SMILES string of the molecule is CC(=O)c1c(C)ccc(O)c1O.CCC.CCc1ccc(Cl)c(F)c1. The number of phenols is 2. The van der Waals surface area contributed by atoms with Crippen molar-refractivity contribution in [1.82, 2.24) is 0 Å². The Morgan fingerprint density at radius 1 is 1.12 bits per heavy atom. The molecule has 0 saturated carbocycles. The van der Waals surface area contributed by atoms with E-state index >= 15 is 0 Å². The second kappa shape index (κ2) is 11.5. The molecule has 0 saturated heterocycles. The van der Waals surface area contributed by atoms with Crippen LogP contribution in [0.25, 0.3) is 0 Å². The lowest BCUT2D eigenvalue weighted by Crippen LogP contribution is -1.96. The van der Waals surface area contributed by atoms with Gasteiger partial charge in [-0.2, -0.15) is 0 Å². The standard InChI is InChI=1S/C9H10O3.C8H8ClF.C3H8/c1-5-3-4-7(11)9(12)8(5)6(2)10;1-2-6-3-4-7(9)8(10)5-6;1-3-2/h3-4,11-12H,1-2H3;3-5H,2H2,1H3;3H2,1-2H3. The summed E-state index contributed by atoms with van der Waals surface area (Å²) in [6, 6.07) is 7.81. The van der Waals surface area contributed by atoms with E-state index in [0.717, 1.165) is 12.0 Å². The molecule has 138 valence electrons. The van der Waals surface area contributed by atoms with Crippen molar-refractivity contribution < 1.29 is 19.4 Å². The van der Waals surface area contributed by atoms with Crippen LogP contribution in [-0.2, 0) is 6.42 Å². The molecule has 0 fully saturated rings. The zero-order valence-corrected chi connectivity index (χ0v) is 16.1. The molecular formula is C20H26ClFO3. The number of phenolic OH excluding ortho intramolecular Hbond substituents is 2. The third-order valence-corrected chi connectivity index (χ3v) is 3.42. The molecule has 0 aromatic heterocycles. The molecule has 0 spiro atoms. The minimum Gasteiger partial charge on any atom is -0.504 e. The Morgan fingerprint density at radius 2 is 1.68 bits per heavy atom. The van der Waals surface area contributed by atoms with E-state index in [1.165, 1.54) is 25.5 Å². The van der Waals surface area contributed by atoms with E-state index in [0.29, 0.717) is 5.56 Å². The van der Waals surface area contributed by atoms with Gasteiger partial charge in [0.1, 0.15) is 5.82 Å². The van der Waals surface area contributed by atoms with Crippen molar-refractivity contribution in [2.45, 2.75) is 47.5 Å². The third kappa shape index (κ3) is 7.57. The summed E-state index contributed by atoms with van der Waals surface area (Å²) in [5.41, 5.74) is 1.83. The van der Waals surface area contributed by atoms with Gasteiger partial charge in [-0.25, -0.2) is 4.39 Å². The topological polar surface area (TPSA) is 57.5 Å². The summed E-state index contributed by atoms with van der Waals surface area (Å²) in [6.45, 7) is 9.28. The Kier molecular flexibility index (Phi) is 10.5. The lowest BCUT2D eigenvalue weighted by molar-refractivity contribution is 0.101. The quantitative estimate of drug-likeness (QED) is 0.499. The molecule has 2 aromatic rings. The third-order valence-electron chi connectivity index (χ3n) is 3.11. The Bertz CT molecular complexity index is 700. The molecule has 25 heavy (non-hydrogen) atoms. The van der Waals surface area contributed by atoms with Crippen molar-refractivity contribution in [1.29, 1.82) is 0 Å². The first-order chi connectivity index (χ1) is 11.7. The number of ketones is 1. The first kappa shape index (κ1) is 22.9. The van der Waals surface area contributed by atoms with E-state index in [4.69, 9.17) is 16.7 Å². The summed E-state index contributed by atoms with van der Waals surface area (Å²) in [5, 5.41) is 18.5. The number of hydrogen-bond acceptors (Lipinski definition) is 3. The second-order valence-electron chi connectivity index (χ2n) is 5.49. The van der Waals surface area contributed by atoms with E-state index in [2.05, 4.69) is 13.8 Å². The van der Waals surface area contributed by atoms with Gasteiger partial charge in [0.25, 0.3) is 0 Å². The van der Waals surface area contributed by atoms with E-state index in [9.17, 15) is 14.3 Å².